The van der Waals surface area contributed by atoms with Crippen molar-refractivity contribution in [2.24, 2.45) is 29.1 Å². The average Bonchev–Trinajstić information content (AvgIpc) is 2.84. The van der Waals surface area contributed by atoms with E-state index in [9.17, 15) is 5.11 Å². The maximum absolute atomic E-state index is 10.7. The number of nitrogens with one attached hydrogen (secondary N) is 1. The molecule has 0 radical (unpaired) electrons. The normalized spacial score (nSPS) is 30.3. The Hall–Kier alpha value is -2.06. The van der Waals surface area contributed by atoms with Gasteiger partial charge in [0.1, 0.15) is 5.75 Å². The lowest BCUT2D eigenvalue weighted by Crippen LogP contribution is -2.45. The van der Waals surface area contributed by atoms with Crippen LogP contribution in [0.2, 0.25) is 0 Å². The Morgan fingerprint density at radius 1 is 1.00 bits per heavy atom. The highest BCUT2D eigenvalue weighted by atomic mass is 16.3. The van der Waals surface area contributed by atoms with Crippen molar-refractivity contribution in [2.75, 3.05) is 6.54 Å². The molecule has 2 saturated carbocycles. The largest absolute Gasteiger partial charge is 0.508 e. The number of rotatable bonds is 7. The molecule has 0 aromatic heterocycles. The van der Waals surface area contributed by atoms with Crippen LogP contribution in [0.3, 0.4) is 0 Å². The van der Waals surface area contributed by atoms with Crippen LogP contribution >= 0.6 is 0 Å². The van der Waals surface area contributed by atoms with Crippen LogP contribution in [-0.4, -0.2) is 11.7 Å². The Bertz CT molecular complexity index is 1030. The third kappa shape index (κ3) is 5.53. The van der Waals surface area contributed by atoms with E-state index in [0.29, 0.717) is 11.2 Å². The second-order valence-electron chi connectivity index (χ2n) is 12.0. The molecule has 2 fully saturated rings. The Kier molecular flexibility index (Phi) is 7.68. The Morgan fingerprint density at radius 3 is 2.66 bits per heavy atom. The molecule has 3 aliphatic carbocycles. The van der Waals surface area contributed by atoms with Crippen LogP contribution in [0.15, 0.2) is 54.6 Å². The second-order valence-corrected chi connectivity index (χ2v) is 12.0. The van der Waals surface area contributed by atoms with Crippen LogP contribution in [0.4, 0.5) is 0 Å². The van der Waals surface area contributed by atoms with E-state index >= 15 is 0 Å². The monoisotopic (exact) mass is 471 g/mol. The minimum absolute atomic E-state index is 0.429. The van der Waals surface area contributed by atoms with Crippen LogP contribution in [-0.2, 0) is 19.4 Å². The summed E-state index contributed by atoms with van der Waals surface area (Å²) in [5.41, 5.74) is 5.76. The van der Waals surface area contributed by atoms with Crippen molar-refractivity contribution in [3.8, 4) is 5.75 Å². The van der Waals surface area contributed by atoms with Crippen LogP contribution in [0, 0.1) is 29.1 Å². The third-order valence-electron chi connectivity index (χ3n) is 9.46. The molecular weight excluding hydrogens is 426 g/mol. The molecule has 2 heteroatoms. The van der Waals surface area contributed by atoms with E-state index < -0.39 is 0 Å². The maximum Gasteiger partial charge on any atom is 0.116 e. The minimum atomic E-state index is 0.429. The van der Waals surface area contributed by atoms with Crippen molar-refractivity contribution < 1.29 is 5.11 Å². The molecule has 2 aromatic carbocycles. The predicted octanol–water partition coefficient (Wildman–Crippen LogP) is 7.82. The maximum atomic E-state index is 10.7. The van der Waals surface area contributed by atoms with Crippen LogP contribution in [0.5, 0.6) is 5.75 Å². The first-order valence-electron chi connectivity index (χ1n) is 14.3. The summed E-state index contributed by atoms with van der Waals surface area (Å²) in [5.74, 6) is 3.73. The van der Waals surface area contributed by atoms with Gasteiger partial charge in [0.05, 0.1) is 0 Å². The summed E-state index contributed by atoms with van der Waals surface area (Å²) < 4.78 is 0. The standard InChI is InChI=1S/C33H45NO/c1-3-34-23-29-11-5-4-10-27(29)18-25-17-26(21-30(35)20-25)19-28-12-6-14-32-31(28)13-8-16-33(32)15-7-9-24(2)22-33/h4-5,7,10-11,15,17,20-21,24,28,31-32,34-35H,3,6,8-9,12-14,16,18-19,22-23H2,1-2H3. The molecule has 5 unspecified atom stereocenters. The molecule has 1 spiro atoms. The minimum Gasteiger partial charge on any atom is -0.508 e. The highest BCUT2D eigenvalue weighted by molar-refractivity contribution is 5.39. The van der Waals surface area contributed by atoms with Gasteiger partial charge in [-0.15, -0.1) is 0 Å². The highest BCUT2D eigenvalue weighted by Gasteiger charge is 2.48. The SMILES string of the molecule is CCNCc1ccccc1Cc1cc(O)cc(CC2CCCC3C2CCCC32C=CCC(C)C2)c1. The summed E-state index contributed by atoms with van der Waals surface area (Å²) in [7, 11) is 0. The fraction of sp³-hybridized carbons (Fsp3) is 0.576. The van der Waals surface area contributed by atoms with Gasteiger partial charge in [-0.2, -0.15) is 0 Å². The average molecular weight is 472 g/mol. The van der Waals surface area contributed by atoms with Gasteiger partial charge in [-0.1, -0.05) is 69.2 Å². The van der Waals surface area contributed by atoms with Crippen molar-refractivity contribution >= 4 is 0 Å². The molecule has 35 heavy (non-hydrogen) atoms. The summed E-state index contributed by atoms with van der Waals surface area (Å²) in [5, 5.41) is 14.1. The quantitative estimate of drug-likeness (QED) is 0.403. The van der Waals surface area contributed by atoms with Gasteiger partial charge in [-0.05, 0) is 121 Å². The van der Waals surface area contributed by atoms with Gasteiger partial charge < -0.3 is 10.4 Å². The van der Waals surface area contributed by atoms with Crippen molar-refractivity contribution in [2.45, 2.75) is 84.6 Å². The Morgan fingerprint density at radius 2 is 1.83 bits per heavy atom. The number of hydrogen-bond acceptors (Lipinski definition) is 2. The molecule has 188 valence electrons. The summed E-state index contributed by atoms with van der Waals surface area (Å²) >= 11 is 0. The molecule has 5 atom stereocenters. The van der Waals surface area contributed by atoms with Gasteiger partial charge in [0.15, 0.2) is 0 Å². The Labute approximate surface area is 213 Å². The molecule has 3 aliphatic rings. The first kappa shape index (κ1) is 24.6. The molecule has 0 heterocycles. The molecule has 2 N–H and O–H groups in total. The predicted molar refractivity (Wildman–Crippen MR) is 147 cm³/mol. The molecule has 5 rings (SSSR count). The molecule has 0 saturated heterocycles. The van der Waals surface area contributed by atoms with Gasteiger partial charge in [-0.25, -0.2) is 0 Å². The molecule has 0 bridgehead atoms. The molecule has 0 aliphatic heterocycles. The third-order valence-corrected chi connectivity index (χ3v) is 9.46. The highest BCUT2D eigenvalue weighted by Crippen LogP contribution is 2.57. The van der Waals surface area contributed by atoms with Gasteiger partial charge >= 0.3 is 0 Å². The van der Waals surface area contributed by atoms with E-state index in [2.05, 4.69) is 61.6 Å². The second kappa shape index (κ2) is 10.9. The van der Waals surface area contributed by atoms with E-state index in [-0.39, 0.29) is 0 Å². The van der Waals surface area contributed by atoms with Gasteiger partial charge in [0.25, 0.3) is 0 Å². The Balaban J connectivity index is 1.34. The van der Waals surface area contributed by atoms with Crippen molar-refractivity contribution in [3.05, 3.63) is 76.9 Å². The number of benzene rings is 2. The first-order valence-corrected chi connectivity index (χ1v) is 14.3. The zero-order valence-corrected chi connectivity index (χ0v) is 21.9. The lowest BCUT2D eigenvalue weighted by Gasteiger charge is -2.54. The van der Waals surface area contributed by atoms with Gasteiger partial charge in [0, 0.05) is 6.54 Å². The fourth-order valence-electron chi connectivity index (χ4n) is 8.06. The van der Waals surface area contributed by atoms with Crippen molar-refractivity contribution in [3.63, 3.8) is 0 Å². The van der Waals surface area contributed by atoms with Gasteiger partial charge in [-0.3, -0.25) is 0 Å². The number of hydrogen-bond donors (Lipinski definition) is 2. The van der Waals surface area contributed by atoms with Crippen LogP contribution < -0.4 is 5.32 Å². The molecule has 2 nitrogen and oxygen atoms in total. The first-order chi connectivity index (χ1) is 17.1. The summed E-state index contributed by atoms with van der Waals surface area (Å²) in [6, 6.07) is 15.1. The lowest BCUT2D eigenvalue weighted by atomic mass is 9.51. The molecule has 0 amide bonds. The number of aromatic hydroxyl groups is 1. The van der Waals surface area contributed by atoms with E-state index in [1.54, 1.807) is 0 Å². The zero-order valence-electron chi connectivity index (χ0n) is 21.9. The molecule has 2 aromatic rings. The van der Waals surface area contributed by atoms with E-state index in [1.807, 2.05) is 12.1 Å². The zero-order chi connectivity index (χ0) is 24.3. The smallest absolute Gasteiger partial charge is 0.116 e. The van der Waals surface area contributed by atoms with Gasteiger partial charge in [0.2, 0.25) is 0 Å². The summed E-state index contributed by atoms with van der Waals surface area (Å²) in [6.07, 6.45) is 18.2. The van der Waals surface area contributed by atoms with Crippen LogP contribution in [0.25, 0.3) is 0 Å². The number of phenols is 1. The fourth-order valence-corrected chi connectivity index (χ4v) is 8.06. The van der Waals surface area contributed by atoms with Crippen LogP contribution in [0.1, 0.15) is 87.5 Å². The number of phenolic OH excluding ortho intramolecular Hbond substituents is 1. The topological polar surface area (TPSA) is 32.3 Å². The van der Waals surface area contributed by atoms with E-state index in [0.717, 1.165) is 49.6 Å². The van der Waals surface area contributed by atoms with E-state index in [4.69, 9.17) is 0 Å². The summed E-state index contributed by atoms with van der Waals surface area (Å²) in [4.78, 5) is 0. The lowest BCUT2D eigenvalue weighted by molar-refractivity contribution is -0.00558. The molecular formula is C33H45NO. The van der Waals surface area contributed by atoms with Crippen molar-refractivity contribution in [1.82, 2.24) is 5.32 Å². The number of fused-ring (bicyclic) bond motifs is 2. The van der Waals surface area contributed by atoms with Crippen molar-refractivity contribution in [1.29, 1.82) is 0 Å². The van der Waals surface area contributed by atoms with E-state index in [1.165, 1.54) is 73.6 Å². The summed E-state index contributed by atoms with van der Waals surface area (Å²) in [6.45, 7) is 6.49. The number of allylic oxidation sites excluding steroid dienone is 2.